The Morgan fingerprint density at radius 1 is 1.07 bits per heavy atom. The van der Waals surface area contributed by atoms with E-state index < -0.39 is 26.7 Å². The zero-order valence-electron chi connectivity index (χ0n) is 14.6. The molecular formula is C17H17F3N2O3S3. The molecule has 11 heteroatoms. The van der Waals surface area contributed by atoms with Crippen molar-refractivity contribution in [2.24, 2.45) is 0 Å². The number of carbonyl (C=O) groups excluding carboxylic acids is 1. The van der Waals surface area contributed by atoms with Gasteiger partial charge in [0.15, 0.2) is 0 Å². The van der Waals surface area contributed by atoms with Crippen molar-refractivity contribution < 1.29 is 26.4 Å². The van der Waals surface area contributed by atoms with Gasteiger partial charge in [-0.3, -0.25) is 4.79 Å². The first-order valence-corrected chi connectivity index (χ1v) is 11.6. The summed E-state index contributed by atoms with van der Waals surface area (Å²) in [5.74, 6) is 0.121. The third kappa shape index (κ3) is 4.70. The highest BCUT2D eigenvalue weighted by molar-refractivity contribution is 8.01. The number of hydrogen-bond acceptors (Lipinski definition) is 5. The second-order valence-electron chi connectivity index (χ2n) is 6.00. The van der Waals surface area contributed by atoms with Gasteiger partial charge in [-0.1, -0.05) is 18.2 Å². The van der Waals surface area contributed by atoms with Gasteiger partial charge in [0.1, 0.15) is 0 Å². The molecule has 1 aromatic carbocycles. The summed E-state index contributed by atoms with van der Waals surface area (Å²) in [6.45, 7) is 0.225. The summed E-state index contributed by atoms with van der Waals surface area (Å²) >= 11 is 2.94. The number of carbonyl (C=O) groups is 1. The summed E-state index contributed by atoms with van der Waals surface area (Å²) in [4.78, 5) is 13.1. The van der Waals surface area contributed by atoms with E-state index in [9.17, 15) is 26.4 Å². The topological polar surface area (TPSA) is 57.7 Å². The maximum Gasteiger partial charge on any atom is 0.417 e. The molecule has 0 N–H and O–H groups in total. The average Bonchev–Trinajstić information content (AvgIpc) is 3.19. The summed E-state index contributed by atoms with van der Waals surface area (Å²) in [7, 11) is -4.30. The van der Waals surface area contributed by atoms with Crippen LogP contribution in [0, 0.1) is 0 Å². The number of piperazine rings is 1. The number of rotatable bonds is 5. The molecule has 2 heterocycles. The molecule has 152 valence electrons. The van der Waals surface area contributed by atoms with Gasteiger partial charge in [-0.25, -0.2) is 8.42 Å². The number of thioether (sulfide) groups is 1. The number of thiophene rings is 1. The largest absolute Gasteiger partial charge is 0.417 e. The highest BCUT2D eigenvalue weighted by atomic mass is 32.2. The van der Waals surface area contributed by atoms with Crippen molar-refractivity contribution in [1.82, 2.24) is 9.21 Å². The van der Waals surface area contributed by atoms with Crippen LogP contribution in [0.4, 0.5) is 13.2 Å². The van der Waals surface area contributed by atoms with Crippen molar-refractivity contribution in [3.05, 3.63) is 47.3 Å². The van der Waals surface area contributed by atoms with E-state index >= 15 is 0 Å². The predicted molar refractivity (Wildman–Crippen MR) is 102 cm³/mol. The summed E-state index contributed by atoms with van der Waals surface area (Å²) < 4.78 is 67.0. The maximum atomic E-state index is 13.2. The number of halogens is 3. The normalized spacial score (nSPS) is 16.3. The third-order valence-corrected chi connectivity index (χ3v) is 8.31. The van der Waals surface area contributed by atoms with Gasteiger partial charge in [-0.05, 0) is 23.6 Å². The van der Waals surface area contributed by atoms with Crippen molar-refractivity contribution in [3.8, 4) is 0 Å². The summed E-state index contributed by atoms with van der Waals surface area (Å²) in [6, 6.07) is 7.94. The van der Waals surface area contributed by atoms with Crippen molar-refractivity contribution in [3.63, 3.8) is 0 Å². The van der Waals surface area contributed by atoms with E-state index in [1.54, 1.807) is 4.90 Å². The fraction of sp³-hybridized carbons (Fsp3) is 0.353. The molecule has 2 aromatic rings. The molecule has 0 saturated carbocycles. The first-order valence-electron chi connectivity index (χ1n) is 8.30. The third-order valence-electron chi connectivity index (χ3n) is 4.23. The minimum atomic E-state index is -4.76. The van der Waals surface area contributed by atoms with Crippen LogP contribution in [0.15, 0.2) is 50.9 Å². The highest BCUT2D eigenvalue weighted by Gasteiger charge is 2.39. The highest BCUT2D eigenvalue weighted by Crippen LogP contribution is 2.35. The molecule has 28 heavy (non-hydrogen) atoms. The Kier molecular flexibility index (Phi) is 6.37. The molecule has 1 aromatic heterocycles. The number of sulfonamides is 1. The molecule has 0 radical (unpaired) electrons. The molecule has 3 rings (SSSR count). The first kappa shape index (κ1) is 21.2. The Hall–Kier alpha value is -1.56. The zero-order chi connectivity index (χ0) is 20.4. The van der Waals surface area contributed by atoms with Crippen LogP contribution in [0.5, 0.6) is 0 Å². The Labute approximate surface area is 169 Å². The van der Waals surface area contributed by atoms with Gasteiger partial charge >= 0.3 is 6.18 Å². The quantitative estimate of drug-likeness (QED) is 0.656. The van der Waals surface area contributed by atoms with Crippen LogP contribution in [0.1, 0.15) is 5.56 Å². The molecular weight excluding hydrogens is 433 g/mol. The van der Waals surface area contributed by atoms with Crippen LogP contribution in [0.3, 0.4) is 0 Å². The van der Waals surface area contributed by atoms with Gasteiger partial charge in [0.05, 0.1) is 20.4 Å². The van der Waals surface area contributed by atoms with Gasteiger partial charge in [0, 0.05) is 26.2 Å². The fourth-order valence-electron chi connectivity index (χ4n) is 2.81. The monoisotopic (exact) mass is 450 g/mol. The van der Waals surface area contributed by atoms with Crippen molar-refractivity contribution in [2.45, 2.75) is 15.3 Å². The molecule has 0 bridgehead atoms. The van der Waals surface area contributed by atoms with E-state index in [1.807, 2.05) is 17.5 Å². The fourth-order valence-corrected chi connectivity index (χ4v) is 6.13. The lowest BCUT2D eigenvalue weighted by atomic mass is 10.2. The van der Waals surface area contributed by atoms with E-state index in [0.29, 0.717) is 0 Å². The van der Waals surface area contributed by atoms with E-state index in [2.05, 4.69) is 0 Å². The van der Waals surface area contributed by atoms with Gasteiger partial charge in [0.25, 0.3) is 0 Å². The lowest BCUT2D eigenvalue weighted by molar-refractivity contribution is -0.139. The minimum Gasteiger partial charge on any atom is -0.339 e. The van der Waals surface area contributed by atoms with Crippen molar-refractivity contribution >= 4 is 39.0 Å². The molecule has 1 amide bonds. The van der Waals surface area contributed by atoms with Gasteiger partial charge in [0.2, 0.25) is 15.9 Å². The van der Waals surface area contributed by atoms with Gasteiger partial charge in [-0.2, -0.15) is 17.5 Å². The SMILES string of the molecule is O=C(CSc1cccs1)N1CCN(S(=O)(=O)c2ccccc2C(F)(F)F)CC1. The van der Waals surface area contributed by atoms with Gasteiger partial charge in [-0.15, -0.1) is 23.1 Å². The Morgan fingerprint density at radius 3 is 2.36 bits per heavy atom. The second-order valence-corrected chi connectivity index (χ2v) is 10.1. The number of hydrogen-bond donors (Lipinski definition) is 0. The predicted octanol–water partition coefficient (Wildman–Crippen LogP) is 3.39. The van der Waals surface area contributed by atoms with Crippen molar-refractivity contribution in [1.29, 1.82) is 0 Å². The number of amides is 1. The molecule has 0 spiro atoms. The molecule has 1 fully saturated rings. The molecule has 1 saturated heterocycles. The summed E-state index contributed by atoms with van der Waals surface area (Å²) in [6.07, 6.45) is -4.76. The Bertz CT molecular complexity index is 923. The second kappa shape index (κ2) is 8.44. The van der Waals surface area contributed by atoms with E-state index in [0.717, 1.165) is 26.7 Å². The van der Waals surface area contributed by atoms with E-state index in [4.69, 9.17) is 0 Å². The standard InChI is InChI=1S/C17H17F3N2O3S3/c18-17(19,20)13-4-1-2-5-14(13)28(24,25)22-9-7-21(8-10-22)15(23)12-27-16-6-3-11-26-16/h1-6,11H,7-10,12H2. The summed E-state index contributed by atoms with van der Waals surface area (Å²) in [5, 5.41) is 1.91. The van der Waals surface area contributed by atoms with Crippen LogP contribution >= 0.6 is 23.1 Å². The Morgan fingerprint density at radius 2 is 1.75 bits per heavy atom. The lowest BCUT2D eigenvalue weighted by Gasteiger charge is -2.34. The minimum absolute atomic E-state index is 0.0378. The smallest absolute Gasteiger partial charge is 0.339 e. The number of benzene rings is 1. The van der Waals surface area contributed by atoms with Crippen LogP contribution in [0.2, 0.25) is 0 Å². The maximum absolute atomic E-state index is 13.2. The molecule has 0 aliphatic carbocycles. The van der Waals surface area contributed by atoms with Crippen LogP contribution in [-0.4, -0.2) is 55.5 Å². The lowest BCUT2D eigenvalue weighted by Crippen LogP contribution is -2.51. The zero-order valence-corrected chi connectivity index (χ0v) is 17.0. The Balaban J connectivity index is 1.65. The molecule has 0 unspecified atom stereocenters. The van der Waals surface area contributed by atoms with Crippen LogP contribution in [-0.2, 0) is 21.0 Å². The average molecular weight is 451 g/mol. The van der Waals surface area contributed by atoms with E-state index in [1.165, 1.54) is 29.2 Å². The van der Waals surface area contributed by atoms with Crippen molar-refractivity contribution in [2.75, 3.05) is 31.9 Å². The van der Waals surface area contributed by atoms with E-state index in [-0.39, 0.29) is 37.8 Å². The number of alkyl halides is 3. The number of nitrogens with zero attached hydrogens (tertiary/aromatic N) is 2. The molecule has 0 atom stereocenters. The molecule has 1 aliphatic heterocycles. The van der Waals surface area contributed by atoms with Crippen LogP contribution in [0.25, 0.3) is 0 Å². The van der Waals surface area contributed by atoms with Crippen LogP contribution < -0.4 is 0 Å². The first-order chi connectivity index (χ1) is 13.2. The molecule has 1 aliphatic rings. The van der Waals surface area contributed by atoms with Gasteiger partial charge < -0.3 is 4.90 Å². The summed E-state index contributed by atoms with van der Waals surface area (Å²) in [5.41, 5.74) is -1.18. The molecule has 5 nitrogen and oxygen atoms in total.